The van der Waals surface area contributed by atoms with Gasteiger partial charge in [0.05, 0.1) is 22.3 Å². The number of benzene rings is 6. The van der Waals surface area contributed by atoms with Gasteiger partial charge < -0.3 is 5.11 Å². The van der Waals surface area contributed by atoms with Gasteiger partial charge in [0.1, 0.15) is 11.6 Å². The van der Waals surface area contributed by atoms with Crippen LogP contribution in [0.15, 0.2) is 134 Å². The first kappa shape index (κ1) is 43.1. The molecule has 6 aromatic carbocycles. The van der Waals surface area contributed by atoms with Gasteiger partial charge in [-0.25, -0.2) is 4.98 Å². The average Bonchev–Trinajstić information content (AvgIpc) is 3.72. The standard InChI is InChI=1S/C57H56N3O.Pt/c1-54(2,3)37-27-28-48(41(32-37)35-20-13-12-14-21-35)60-49-26-19-23-39(51(49)59-53(60)43-33-38(55(4,5)6)34-46(52(43)61)56(7,8)9)42-30-36(47-25-17-18-29-58-47)31-45-50(42)40-22-15-16-24-44(40)57(45,10)11;/h12-29,31-34,61H,1-11H3;/q-1;. The molecule has 5 heteroatoms. The predicted molar refractivity (Wildman–Crippen MR) is 255 cm³/mol. The zero-order chi connectivity index (χ0) is 43.2. The number of phenolic OH excluding ortho intramolecular Hbond substituents is 1. The van der Waals surface area contributed by atoms with E-state index in [-0.39, 0.29) is 48.5 Å². The van der Waals surface area contributed by atoms with Crippen molar-refractivity contribution in [3.05, 3.63) is 167 Å². The zero-order valence-electron chi connectivity index (χ0n) is 37.8. The third kappa shape index (κ3) is 7.25. The topological polar surface area (TPSA) is 50.9 Å². The van der Waals surface area contributed by atoms with Crippen LogP contribution in [0.2, 0.25) is 0 Å². The van der Waals surface area contributed by atoms with Crippen molar-refractivity contribution in [1.82, 2.24) is 14.5 Å². The zero-order valence-corrected chi connectivity index (χ0v) is 40.1. The second-order valence-corrected chi connectivity index (χ2v) is 20.4. The molecule has 0 amide bonds. The minimum atomic E-state index is -0.326. The number of hydrogen-bond acceptors (Lipinski definition) is 3. The average molecular weight is 994 g/mol. The fraction of sp³-hybridized carbons (Fsp3) is 0.263. The number of pyridine rings is 1. The monoisotopic (exact) mass is 993 g/mol. The molecule has 9 rings (SSSR count). The first-order valence-electron chi connectivity index (χ1n) is 21.6. The minimum absolute atomic E-state index is 0. The molecule has 0 unspecified atom stereocenters. The fourth-order valence-corrected chi connectivity index (χ4v) is 9.19. The number of aromatic hydroxyl groups is 1. The van der Waals surface area contributed by atoms with E-state index in [4.69, 9.17) is 9.97 Å². The summed E-state index contributed by atoms with van der Waals surface area (Å²) in [6.07, 6.45) is 1.85. The van der Waals surface area contributed by atoms with Crippen LogP contribution >= 0.6 is 0 Å². The number of hydrogen-bond donors (Lipinski definition) is 1. The van der Waals surface area contributed by atoms with E-state index >= 15 is 0 Å². The summed E-state index contributed by atoms with van der Waals surface area (Å²) >= 11 is 0. The van der Waals surface area contributed by atoms with Gasteiger partial charge in [-0.1, -0.05) is 189 Å². The van der Waals surface area contributed by atoms with E-state index in [2.05, 4.69) is 202 Å². The van der Waals surface area contributed by atoms with Crippen LogP contribution in [-0.2, 0) is 42.7 Å². The second-order valence-electron chi connectivity index (χ2n) is 20.4. The molecule has 0 fully saturated rings. The maximum absolute atomic E-state index is 12.6. The van der Waals surface area contributed by atoms with Gasteiger partial charge in [0.2, 0.25) is 0 Å². The molecule has 0 radical (unpaired) electrons. The van der Waals surface area contributed by atoms with Crippen molar-refractivity contribution in [2.75, 3.05) is 0 Å². The van der Waals surface area contributed by atoms with Gasteiger partial charge in [-0.2, -0.15) is 0 Å². The molecule has 0 atom stereocenters. The van der Waals surface area contributed by atoms with Gasteiger partial charge >= 0.3 is 0 Å². The SMILES string of the molecule is CC(C)(C)c1ccc(-n2c(-c3cc(C(C)(C)C)cc(C(C)(C)C)c3O)nc3c(-c4[c-]c(-c5ccccn5)cc5c4-c4ccccc4C5(C)C)cccc32)c(-c2ccccc2)c1.[Pt]. The Morgan fingerprint density at radius 3 is 1.94 bits per heavy atom. The van der Waals surface area contributed by atoms with E-state index in [1.165, 1.54) is 27.8 Å². The molecule has 0 saturated carbocycles. The number of para-hydroxylation sites is 1. The third-order valence-corrected chi connectivity index (χ3v) is 12.7. The Hall–Kier alpha value is -5.57. The number of rotatable bonds is 5. The van der Waals surface area contributed by atoms with E-state index in [1.54, 1.807) is 0 Å². The second kappa shape index (κ2) is 15.3. The Balaban J connectivity index is 0.00000529. The molecule has 1 N–H and O–H groups in total. The number of phenols is 1. The molecule has 0 spiro atoms. The minimum Gasteiger partial charge on any atom is -0.507 e. The Labute approximate surface area is 382 Å². The summed E-state index contributed by atoms with van der Waals surface area (Å²) in [5, 5.41) is 12.6. The fourth-order valence-electron chi connectivity index (χ4n) is 9.19. The van der Waals surface area contributed by atoms with Crippen molar-refractivity contribution in [1.29, 1.82) is 0 Å². The number of aromatic nitrogens is 3. The summed E-state index contributed by atoms with van der Waals surface area (Å²) < 4.78 is 2.29. The molecule has 1 aliphatic rings. The molecule has 0 saturated heterocycles. The third-order valence-electron chi connectivity index (χ3n) is 12.7. The molecule has 4 nitrogen and oxygen atoms in total. The van der Waals surface area contributed by atoms with E-state index in [0.717, 1.165) is 61.4 Å². The largest absolute Gasteiger partial charge is 0.507 e. The van der Waals surface area contributed by atoms with Crippen LogP contribution in [0.3, 0.4) is 0 Å². The normalized spacial score (nSPS) is 13.5. The summed E-state index contributed by atoms with van der Waals surface area (Å²) in [6, 6.07) is 49.4. The summed E-state index contributed by atoms with van der Waals surface area (Å²) in [7, 11) is 0. The van der Waals surface area contributed by atoms with Crippen molar-refractivity contribution in [2.45, 2.75) is 97.8 Å². The van der Waals surface area contributed by atoms with Crippen LogP contribution in [0.25, 0.3) is 72.7 Å². The quantitative estimate of drug-likeness (QED) is 0.175. The summed E-state index contributed by atoms with van der Waals surface area (Å²) in [6.45, 7) is 24.6. The van der Waals surface area contributed by atoms with Crippen LogP contribution < -0.4 is 0 Å². The first-order chi connectivity index (χ1) is 28.8. The Kier molecular flexibility index (Phi) is 10.7. The molecule has 0 aliphatic heterocycles. The van der Waals surface area contributed by atoms with E-state index in [9.17, 15) is 5.11 Å². The molecule has 0 bridgehead atoms. The summed E-state index contributed by atoms with van der Waals surface area (Å²) in [5.74, 6) is 0.946. The summed E-state index contributed by atoms with van der Waals surface area (Å²) in [4.78, 5) is 10.6. The first-order valence-corrected chi connectivity index (χ1v) is 21.6. The molecule has 2 aromatic heterocycles. The van der Waals surface area contributed by atoms with Crippen molar-refractivity contribution < 1.29 is 26.2 Å². The molecule has 8 aromatic rings. The molecular weight excluding hydrogens is 938 g/mol. The van der Waals surface area contributed by atoms with Crippen LogP contribution in [0.1, 0.15) is 104 Å². The van der Waals surface area contributed by atoms with Gasteiger partial charge in [-0.3, -0.25) is 9.55 Å². The van der Waals surface area contributed by atoms with Gasteiger partial charge in [0, 0.05) is 49.5 Å². The van der Waals surface area contributed by atoms with Crippen LogP contribution in [0.4, 0.5) is 0 Å². The maximum Gasteiger partial charge on any atom is 0.148 e. The van der Waals surface area contributed by atoms with Crippen LogP contribution in [-0.4, -0.2) is 19.6 Å². The van der Waals surface area contributed by atoms with Crippen LogP contribution in [0.5, 0.6) is 5.75 Å². The molecular formula is C57H56N3OPt-. The molecule has 62 heavy (non-hydrogen) atoms. The Morgan fingerprint density at radius 1 is 0.597 bits per heavy atom. The molecule has 1 aliphatic carbocycles. The van der Waals surface area contributed by atoms with Crippen molar-refractivity contribution in [3.8, 4) is 67.5 Å². The van der Waals surface area contributed by atoms with Crippen molar-refractivity contribution in [2.24, 2.45) is 0 Å². The van der Waals surface area contributed by atoms with Gasteiger partial charge in [-0.15, -0.1) is 17.7 Å². The smallest absolute Gasteiger partial charge is 0.148 e. The number of nitrogens with zero attached hydrogens (tertiary/aromatic N) is 3. The van der Waals surface area contributed by atoms with Gasteiger partial charge in [-0.05, 0) is 74.4 Å². The van der Waals surface area contributed by atoms with Gasteiger partial charge in [0.25, 0.3) is 0 Å². The van der Waals surface area contributed by atoms with E-state index in [0.29, 0.717) is 11.4 Å². The van der Waals surface area contributed by atoms with Crippen molar-refractivity contribution >= 4 is 11.0 Å². The number of fused-ring (bicyclic) bond motifs is 4. The summed E-state index contributed by atoms with van der Waals surface area (Å²) in [5.41, 5.74) is 16.9. The predicted octanol–water partition coefficient (Wildman–Crippen LogP) is 14.8. The van der Waals surface area contributed by atoms with E-state index < -0.39 is 0 Å². The van der Waals surface area contributed by atoms with E-state index in [1.807, 2.05) is 18.3 Å². The molecule has 316 valence electrons. The van der Waals surface area contributed by atoms with Crippen LogP contribution in [0, 0.1) is 6.07 Å². The number of imidazole rings is 1. The van der Waals surface area contributed by atoms with Gasteiger partial charge in [0.15, 0.2) is 0 Å². The maximum atomic E-state index is 12.6. The molecule has 2 heterocycles. The Bertz CT molecular complexity index is 2990. The van der Waals surface area contributed by atoms with Crippen molar-refractivity contribution in [3.63, 3.8) is 0 Å². The Morgan fingerprint density at radius 2 is 1.26 bits per heavy atom.